The van der Waals surface area contributed by atoms with Gasteiger partial charge < -0.3 is 29.8 Å². The summed E-state index contributed by atoms with van der Waals surface area (Å²) >= 11 is 11.2. The minimum absolute atomic E-state index is 0.00596. The lowest BCUT2D eigenvalue weighted by Gasteiger charge is -2.23. The van der Waals surface area contributed by atoms with Crippen LogP contribution in [0.2, 0.25) is 0 Å². The van der Waals surface area contributed by atoms with Crippen LogP contribution in [0.4, 0.5) is 4.79 Å². The summed E-state index contributed by atoms with van der Waals surface area (Å²) in [5, 5.41) is 2.64. The molecule has 3 rings (SSSR count). The summed E-state index contributed by atoms with van der Waals surface area (Å²) in [6.07, 6.45) is -2.31. The summed E-state index contributed by atoms with van der Waals surface area (Å²) < 4.78 is 16.9. The molecule has 13 heteroatoms. The minimum Gasteiger partial charge on any atom is -0.492 e. The zero-order chi connectivity index (χ0) is 23.9. The van der Waals surface area contributed by atoms with E-state index >= 15 is 0 Å². The first-order valence-corrected chi connectivity index (χ1v) is 10.1. The molecule has 2 heterocycles. The van der Waals surface area contributed by atoms with E-state index < -0.39 is 53.1 Å². The van der Waals surface area contributed by atoms with Gasteiger partial charge in [-0.2, -0.15) is 0 Å². The number of nitrogens with one attached hydrogen (secondary N) is 1. The van der Waals surface area contributed by atoms with Crippen LogP contribution in [-0.2, 0) is 37.0 Å². The predicted octanol–water partition coefficient (Wildman–Crippen LogP) is 1.29. The van der Waals surface area contributed by atoms with Crippen LogP contribution in [0.3, 0.4) is 0 Å². The SMILES string of the molecule is COC1=C(C)C(=O)c2c(c(COC(N)=O)c3n2CC(NC(C)=O)C3OC(=O)C(Cl)Cl)C1=O. The number of amides is 2. The molecule has 0 fully saturated rings. The van der Waals surface area contributed by atoms with E-state index in [0.29, 0.717) is 0 Å². The number of allylic oxidation sites excluding steroid dienone is 2. The number of nitrogens with two attached hydrogens (primary N) is 1. The van der Waals surface area contributed by atoms with Crippen LogP contribution in [0.15, 0.2) is 11.3 Å². The van der Waals surface area contributed by atoms with Gasteiger partial charge in [0.05, 0.1) is 24.4 Å². The number of ether oxygens (including phenoxy) is 3. The number of nitrogens with zero attached hydrogens (tertiary/aromatic N) is 1. The van der Waals surface area contributed by atoms with Gasteiger partial charge in [-0.1, -0.05) is 23.2 Å². The van der Waals surface area contributed by atoms with Crippen LogP contribution in [0.5, 0.6) is 0 Å². The summed E-state index contributed by atoms with van der Waals surface area (Å²) in [6.45, 7) is 2.18. The van der Waals surface area contributed by atoms with E-state index in [1.54, 1.807) is 0 Å². The summed E-state index contributed by atoms with van der Waals surface area (Å²) in [5.41, 5.74) is 5.35. The van der Waals surface area contributed by atoms with Gasteiger partial charge >= 0.3 is 12.1 Å². The average Bonchev–Trinajstić information content (AvgIpc) is 3.19. The number of rotatable bonds is 6. The highest BCUT2D eigenvalue weighted by Crippen LogP contribution is 2.42. The third-order valence-corrected chi connectivity index (χ3v) is 5.48. The minimum atomic E-state index is -1.52. The highest BCUT2D eigenvalue weighted by Gasteiger charge is 2.47. The number of alkyl halides is 2. The zero-order valence-electron chi connectivity index (χ0n) is 17.2. The lowest BCUT2D eigenvalue weighted by molar-refractivity contribution is -0.149. The predicted molar refractivity (Wildman–Crippen MR) is 109 cm³/mol. The number of primary amides is 1. The molecule has 2 amide bonds. The Morgan fingerprint density at radius 3 is 2.44 bits per heavy atom. The van der Waals surface area contributed by atoms with Gasteiger partial charge in [0.15, 0.2) is 11.9 Å². The molecule has 2 unspecified atom stereocenters. The normalized spacial score (nSPS) is 19.6. The van der Waals surface area contributed by atoms with Crippen molar-refractivity contribution in [2.24, 2.45) is 5.73 Å². The van der Waals surface area contributed by atoms with E-state index in [1.165, 1.54) is 25.5 Å². The van der Waals surface area contributed by atoms with Crippen LogP contribution in [-0.4, -0.2) is 52.1 Å². The summed E-state index contributed by atoms with van der Waals surface area (Å²) in [4.78, 5) is 59.9. The fraction of sp³-hybridized carbons (Fsp3) is 0.421. The molecule has 0 bridgehead atoms. The molecule has 1 aromatic rings. The van der Waals surface area contributed by atoms with Crippen molar-refractivity contribution in [1.29, 1.82) is 0 Å². The van der Waals surface area contributed by atoms with Gasteiger partial charge in [-0.15, -0.1) is 0 Å². The molecule has 0 radical (unpaired) electrons. The van der Waals surface area contributed by atoms with Crippen LogP contribution < -0.4 is 11.1 Å². The maximum atomic E-state index is 13.1. The topological polar surface area (TPSA) is 156 Å². The monoisotopic (exact) mass is 487 g/mol. The molecular weight excluding hydrogens is 469 g/mol. The fourth-order valence-electron chi connectivity index (χ4n) is 3.96. The number of carbonyl (C=O) groups excluding carboxylic acids is 5. The number of hydrogen-bond donors (Lipinski definition) is 2. The van der Waals surface area contributed by atoms with Gasteiger partial charge in [0.25, 0.3) is 0 Å². The number of ketones is 2. The molecule has 2 aliphatic rings. The van der Waals surface area contributed by atoms with Crippen molar-refractivity contribution in [2.45, 2.75) is 44.0 Å². The quantitative estimate of drug-likeness (QED) is 0.448. The van der Waals surface area contributed by atoms with E-state index in [0.717, 1.165) is 0 Å². The second kappa shape index (κ2) is 8.83. The van der Waals surface area contributed by atoms with Crippen molar-refractivity contribution >= 4 is 52.7 Å². The Labute approximate surface area is 191 Å². The Balaban J connectivity index is 2.23. The molecule has 0 aromatic carbocycles. The van der Waals surface area contributed by atoms with Gasteiger partial charge in [-0.05, 0) is 6.92 Å². The van der Waals surface area contributed by atoms with Gasteiger partial charge in [0, 0.05) is 24.6 Å². The highest BCUT2D eigenvalue weighted by molar-refractivity contribution is 6.52. The number of hydrogen-bond acceptors (Lipinski definition) is 8. The Kier molecular flexibility index (Phi) is 6.51. The lowest BCUT2D eigenvalue weighted by atomic mass is 9.90. The summed E-state index contributed by atoms with van der Waals surface area (Å²) in [7, 11) is 1.25. The third kappa shape index (κ3) is 3.93. The van der Waals surface area contributed by atoms with Crippen molar-refractivity contribution in [3.8, 4) is 0 Å². The van der Waals surface area contributed by atoms with Crippen molar-refractivity contribution in [3.05, 3.63) is 33.8 Å². The Morgan fingerprint density at radius 1 is 1.25 bits per heavy atom. The number of carbonyl (C=O) groups is 5. The standard InChI is InChI=1S/C19H19Cl2N3O8/c1-6-13(26)12-10(14(27)15(6)30-3)8(5-31-19(22)29)11-16(32-18(28)17(20)21)9(4-24(11)12)23-7(2)25/h9,16-17H,4-5H2,1-3H3,(H2,22,29)(H,23,25). The van der Waals surface area contributed by atoms with Crippen molar-refractivity contribution < 1.29 is 38.2 Å². The molecule has 3 N–H and O–H groups in total. The maximum Gasteiger partial charge on any atom is 0.404 e. The van der Waals surface area contributed by atoms with E-state index in [2.05, 4.69) is 5.32 Å². The number of aromatic nitrogens is 1. The molecule has 1 aliphatic heterocycles. The van der Waals surface area contributed by atoms with E-state index in [-0.39, 0.29) is 40.4 Å². The molecule has 1 aromatic heterocycles. The largest absolute Gasteiger partial charge is 0.492 e. The third-order valence-electron chi connectivity index (χ3n) is 5.13. The Hall–Kier alpha value is -3.05. The maximum absolute atomic E-state index is 13.1. The van der Waals surface area contributed by atoms with E-state index in [4.69, 9.17) is 43.1 Å². The molecule has 32 heavy (non-hydrogen) atoms. The van der Waals surface area contributed by atoms with Gasteiger partial charge in [-0.3, -0.25) is 14.4 Å². The average molecular weight is 488 g/mol. The van der Waals surface area contributed by atoms with Crippen LogP contribution in [0, 0.1) is 0 Å². The number of esters is 1. The molecule has 0 saturated carbocycles. The lowest BCUT2D eigenvalue weighted by Crippen LogP contribution is -2.39. The zero-order valence-corrected chi connectivity index (χ0v) is 18.7. The molecule has 0 saturated heterocycles. The van der Waals surface area contributed by atoms with E-state index in [1.807, 2.05) is 0 Å². The highest BCUT2D eigenvalue weighted by atomic mass is 35.5. The molecule has 2 atom stereocenters. The number of fused-ring (bicyclic) bond motifs is 3. The van der Waals surface area contributed by atoms with Crippen molar-refractivity contribution in [2.75, 3.05) is 7.11 Å². The first-order chi connectivity index (χ1) is 15.0. The first-order valence-electron chi connectivity index (χ1n) is 9.27. The van der Waals surface area contributed by atoms with Crippen molar-refractivity contribution in [3.63, 3.8) is 0 Å². The van der Waals surface area contributed by atoms with Crippen LogP contribution >= 0.6 is 23.2 Å². The molecule has 172 valence electrons. The molecule has 1 aliphatic carbocycles. The van der Waals surface area contributed by atoms with Crippen LogP contribution in [0.25, 0.3) is 0 Å². The number of methoxy groups -OCH3 is 1. The molecule has 0 spiro atoms. The Morgan fingerprint density at radius 2 is 1.91 bits per heavy atom. The molecular formula is C19H19Cl2N3O8. The Bertz CT molecular complexity index is 1080. The summed E-state index contributed by atoms with van der Waals surface area (Å²) in [6, 6.07) is -0.813. The van der Waals surface area contributed by atoms with Gasteiger partial charge in [0.1, 0.15) is 12.3 Å². The first kappa shape index (κ1) is 23.6. The smallest absolute Gasteiger partial charge is 0.404 e. The van der Waals surface area contributed by atoms with Crippen LogP contribution in [0.1, 0.15) is 52.1 Å². The second-order valence-electron chi connectivity index (χ2n) is 7.09. The van der Waals surface area contributed by atoms with Gasteiger partial charge in [-0.25, -0.2) is 9.59 Å². The van der Waals surface area contributed by atoms with Crippen molar-refractivity contribution in [1.82, 2.24) is 9.88 Å². The number of halogens is 2. The molecule has 11 nitrogen and oxygen atoms in total. The number of Topliss-reactive ketones (excluding diaryl/α,β-unsaturated/α-hetero) is 2. The van der Waals surface area contributed by atoms with E-state index in [9.17, 15) is 24.0 Å². The summed E-state index contributed by atoms with van der Waals surface area (Å²) in [5.74, 6) is -2.73. The van der Waals surface area contributed by atoms with Gasteiger partial charge in [0.2, 0.25) is 22.3 Å². The fourth-order valence-corrected chi connectivity index (χ4v) is 4.07. The second-order valence-corrected chi connectivity index (χ2v) is 8.18.